The maximum atomic E-state index is 12.4. The van der Waals surface area contributed by atoms with Crippen LogP contribution in [-0.4, -0.2) is 10.5 Å². The number of para-hydroxylation sites is 1. The van der Waals surface area contributed by atoms with Gasteiger partial charge < -0.3 is 9.88 Å². The number of nitrogens with one attached hydrogen (secondary N) is 1. The molecule has 0 radical (unpaired) electrons. The van der Waals surface area contributed by atoms with E-state index < -0.39 is 0 Å². The SMILES string of the molecule is Cc1c(CC(=O)Nc2ccc(C#N)cc2)c2ccccc2n1C. The van der Waals surface area contributed by atoms with Crippen molar-refractivity contribution in [3.8, 4) is 6.07 Å². The van der Waals surface area contributed by atoms with E-state index in [4.69, 9.17) is 5.26 Å². The fourth-order valence-corrected chi connectivity index (χ4v) is 2.82. The predicted octanol–water partition coefficient (Wildman–Crippen LogP) is 3.54. The Morgan fingerprint density at radius 2 is 1.87 bits per heavy atom. The number of hydrogen-bond acceptors (Lipinski definition) is 2. The second-order valence-electron chi connectivity index (χ2n) is 5.55. The molecule has 0 spiro atoms. The van der Waals surface area contributed by atoms with Crippen molar-refractivity contribution in [1.29, 1.82) is 5.26 Å². The number of aryl methyl sites for hydroxylation is 1. The van der Waals surface area contributed by atoms with E-state index in [-0.39, 0.29) is 5.91 Å². The summed E-state index contributed by atoms with van der Waals surface area (Å²) >= 11 is 0. The van der Waals surface area contributed by atoms with Crippen molar-refractivity contribution >= 4 is 22.5 Å². The lowest BCUT2D eigenvalue weighted by molar-refractivity contribution is -0.115. The number of benzene rings is 2. The van der Waals surface area contributed by atoms with Crippen molar-refractivity contribution in [2.45, 2.75) is 13.3 Å². The van der Waals surface area contributed by atoms with Crippen molar-refractivity contribution < 1.29 is 4.79 Å². The second-order valence-corrected chi connectivity index (χ2v) is 5.55. The molecule has 23 heavy (non-hydrogen) atoms. The van der Waals surface area contributed by atoms with E-state index in [0.29, 0.717) is 17.7 Å². The zero-order valence-corrected chi connectivity index (χ0v) is 13.1. The fourth-order valence-electron chi connectivity index (χ4n) is 2.82. The number of nitriles is 1. The Morgan fingerprint density at radius 1 is 1.17 bits per heavy atom. The highest BCUT2D eigenvalue weighted by molar-refractivity contribution is 5.96. The summed E-state index contributed by atoms with van der Waals surface area (Å²) in [4.78, 5) is 12.4. The molecule has 3 rings (SSSR count). The maximum Gasteiger partial charge on any atom is 0.228 e. The zero-order valence-electron chi connectivity index (χ0n) is 13.1. The summed E-state index contributed by atoms with van der Waals surface area (Å²) in [6, 6.07) is 17.0. The number of hydrogen-bond donors (Lipinski definition) is 1. The molecule has 4 heteroatoms. The van der Waals surface area contributed by atoms with Gasteiger partial charge in [-0.25, -0.2) is 0 Å². The third-order valence-electron chi connectivity index (χ3n) is 4.17. The smallest absolute Gasteiger partial charge is 0.228 e. The van der Waals surface area contributed by atoms with Crippen LogP contribution in [0.1, 0.15) is 16.8 Å². The summed E-state index contributed by atoms with van der Waals surface area (Å²) in [5.41, 5.74) is 4.56. The van der Waals surface area contributed by atoms with Gasteiger partial charge in [0.1, 0.15) is 0 Å². The van der Waals surface area contributed by atoms with Gasteiger partial charge in [-0.05, 0) is 42.8 Å². The molecule has 3 aromatic rings. The van der Waals surface area contributed by atoms with Gasteiger partial charge >= 0.3 is 0 Å². The summed E-state index contributed by atoms with van der Waals surface area (Å²) < 4.78 is 2.11. The molecule has 1 heterocycles. The zero-order chi connectivity index (χ0) is 16.4. The summed E-state index contributed by atoms with van der Waals surface area (Å²) in [5, 5.41) is 12.8. The van der Waals surface area contributed by atoms with Crippen LogP contribution in [0.15, 0.2) is 48.5 Å². The molecule has 0 atom stereocenters. The third-order valence-corrected chi connectivity index (χ3v) is 4.17. The van der Waals surface area contributed by atoms with Gasteiger partial charge in [-0.3, -0.25) is 4.79 Å². The minimum Gasteiger partial charge on any atom is -0.348 e. The largest absolute Gasteiger partial charge is 0.348 e. The number of carbonyl (C=O) groups is 1. The molecule has 0 aliphatic carbocycles. The molecular formula is C19H17N3O. The molecule has 1 amide bonds. The number of fused-ring (bicyclic) bond motifs is 1. The Labute approximate surface area is 135 Å². The highest BCUT2D eigenvalue weighted by atomic mass is 16.1. The molecule has 2 aromatic carbocycles. The first-order valence-corrected chi connectivity index (χ1v) is 7.43. The maximum absolute atomic E-state index is 12.4. The van der Waals surface area contributed by atoms with E-state index >= 15 is 0 Å². The van der Waals surface area contributed by atoms with Gasteiger partial charge in [0.15, 0.2) is 0 Å². The molecule has 0 fully saturated rings. The minimum atomic E-state index is -0.0610. The van der Waals surface area contributed by atoms with Gasteiger partial charge in [0, 0.05) is 29.3 Å². The number of nitrogens with zero attached hydrogens (tertiary/aromatic N) is 2. The molecule has 0 saturated carbocycles. The quantitative estimate of drug-likeness (QED) is 0.804. The number of rotatable bonds is 3. The predicted molar refractivity (Wildman–Crippen MR) is 91.1 cm³/mol. The van der Waals surface area contributed by atoms with E-state index in [1.165, 1.54) is 0 Å². The van der Waals surface area contributed by atoms with Crippen LogP contribution in [0.25, 0.3) is 10.9 Å². The monoisotopic (exact) mass is 303 g/mol. The number of anilines is 1. The minimum absolute atomic E-state index is 0.0610. The van der Waals surface area contributed by atoms with Gasteiger partial charge in [-0.15, -0.1) is 0 Å². The average Bonchev–Trinajstić information content (AvgIpc) is 2.81. The highest BCUT2D eigenvalue weighted by Gasteiger charge is 2.14. The molecule has 0 aliphatic rings. The number of amides is 1. The Hall–Kier alpha value is -3.06. The lowest BCUT2D eigenvalue weighted by atomic mass is 10.1. The van der Waals surface area contributed by atoms with Crippen LogP contribution >= 0.6 is 0 Å². The summed E-state index contributed by atoms with van der Waals surface area (Å²) in [7, 11) is 2.01. The van der Waals surface area contributed by atoms with Crippen molar-refractivity contribution in [3.05, 3.63) is 65.4 Å². The van der Waals surface area contributed by atoms with Crippen LogP contribution in [-0.2, 0) is 18.3 Å². The van der Waals surface area contributed by atoms with Gasteiger partial charge in [-0.2, -0.15) is 5.26 Å². The summed E-state index contributed by atoms with van der Waals surface area (Å²) in [6.45, 7) is 2.03. The van der Waals surface area contributed by atoms with Crippen LogP contribution in [0.4, 0.5) is 5.69 Å². The molecular weight excluding hydrogens is 286 g/mol. The Morgan fingerprint density at radius 3 is 2.57 bits per heavy atom. The second kappa shape index (κ2) is 5.98. The lowest BCUT2D eigenvalue weighted by Crippen LogP contribution is -2.15. The van der Waals surface area contributed by atoms with Crippen molar-refractivity contribution in [1.82, 2.24) is 4.57 Å². The summed E-state index contributed by atoms with van der Waals surface area (Å²) in [6.07, 6.45) is 0.327. The van der Waals surface area contributed by atoms with E-state index in [1.54, 1.807) is 24.3 Å². The average molecular weight is 303 g/mol. The molecule has 0 bridgehead atoms. The van der Waals surface area contributed by atoms with Crippen molar-refractivity contribution in [2.24, 2.45) is 7.05 Å². The lowest BCUT2D eigenvalue weighted by Gasteiger charge is -2.06. The van der Waals surface area contributed by atoms with Crippen LogP contribution in [0.3, 0.4) is 0 Å². The van der Waals surface area contributed by atoms with Crippen LogP contribution in [0.2, 0.25) is 0 Å². The van der Waals surface area contributed by atoms with Gasteiger partial charge in [0.25, 0.3) is 0 Å². The van der Waals surface area contributed by atoms with Gasteiger partial charge in [0.2, 0.25) is 5.91 Å². The van der Waals surface area contributed by atoms with Gasteiger partial charge in [-0.1, -0.05) is 18.2 Å². The van der Waals surface area contributed by atoms with E-state index in [1.807, 2.05) is 32.2 Å². The van der Waals surface area contributed by atoms with Crippen LogP contribution in [0, 0.1) is 18.3 Å². The molecule has 0 saturated heterocycles. The number of aromatic nitrogens is 1. The first-order chi connectivity index (χ1) is 11.1. The third kappa shape index (κ3) is 2.82. The fraction of sp³-hybridized carbons (Fsp3) is 0.158. The van der Waals surface area contributed by atoms with E-state index in [9.17, 15) is 4.79 Å². The van der Waals surface area contributed by atoms with Gasteiger partial charge in [0.05, 0.1) is 18.1 Å². The Kier molecular flexibility index (Phi) is 3.86. The molecule has 1 aromatic heterocycles. The topological polar surface area (TPSA) is 57.8 Å². The normalized spacial score (nSPS) is 10.5. The Balaban J connectivity index is 1.83. The number of carbonyl (C=O) groups excluding carboxylic acids is 1. The summed E-state index contributed by atoms with van der Waals surface area (Å²) in [5.74, 6) is -0.0610. The molecule has 114 valence electrons. The molecule has 1 N–H and O–H groups in total. The molecule has 0 aliphatic heterocycles. The molecule has 4 nitrogen and oxygen atoms in total. The van der Waals surface area contributed by atoms with Crippen molar-refractivity contribution in [3.63, 3.8) is 0 Å². The van der Waals surface area contributed by atoms with Crippen LogP contribution in [0.5, 0.6) is 0 Å². The van der Waals surface area contributed by atoms with E-state index in [0.717, 1.165) is 22.2 Å². The highest BCUT2D eigenvalue weighted by Crippen LogP contribution is 2.25. The van der Waals surface area contributed by atoms with Crippen LogP contribution < -0.4 is 5.32 Å². The van der Waals surface area contributed by atoms with E-state index in [2.05, 4.69) is 22.0 Å². The molecule has 0 unspecified atom stereocenters. The first-order valence-electron chi connectivity index (χ1n) is 7.43. The first kappa shape index (κ1) is 14.9. The van der Waals surface area contributed by atoms with Crippen molar-refractivity contribution in [2.75, 3.05) is 5.32 Å². The standard InChI is InChI=1S/C19H17N3O/c1-13-17(16-5-3-4-6-18(16)22(13)2)11-19(23)21-15-9-7-14(12-20)8-10-15/h3-10H,11H2,1-2H3,(H,21,23). The Bertz CT molecular complexity index is 914.